The average molecular weight is 535 g/mol. The molecule has 1 amide bonds. The van der Waals surface area contributed by atoms with E-state index < -0.39 is 20.9 Å². The predicted molar refractivity (Wildman–Crippen MR) is 141 cm³/mol. The molecule has 1 N–H and O–H groups in total. The minimum Gasteiger partial charge on any atom is -0.490 e. The van der Waals surface area contributed by atoms with Crippen LogP contribution in [0.25, 0.3) is 16.8 Å². The van der Waals surface area contributed by atoms with E-state index >= 15 is 0 Å². The van der Waals surface area contributed by atoms with Gasteiger partial charge in [-0.1, -0.05) is 48.5 Å². The summed E-state index contributed by atoms with van der Waals surface area (Å²) in [6.07, 6.45) is 2.36. The van der Waals surface area contributed by atoms with E-state index in [1.54, 1.807) is 18.2 Å². The van der Waals surface area contributed by atoms with Crippen molar-refractivity contribution in [3.63, 3.8) is 0 Å². The number of carbonyl (C=O) groups excluding carboxylic acids is 1. The summed E-state index contributed by atoms with van der Waals surface area (Å²) in [5, 5.41) is 13.7. The SMILES string of the molecule is CCOc1cc(/C=C(/C#N)C(=O)Nc2nc(S(C)(=O)=O)ns2)ccc1OCc1cccc2ccccc12. The summed E-state index contributed by atoms with van der Waals surface area (Å²) in [4.78, 5) is 16.4. The fourth-order valence-electron chi connectivity index (χ4n) is 3.47. The van der Waals surface area contributed by atoms with Gasteiger partial charge in [0.2, 0.25) is 15.0 Å². The number of hydrogen-bond acceptors (Lipinski definition) is 9. The highest BCUT2D eigenvalue weighted by Crippen LogP contribution is 2.31. The monoisotopic (exact) mass is 534 g/mol. The number of rotatable bonds is 9. The maximum Gasteiger partial charge on any atom is 0.268 e. The van der Waals surface area contributed by atoms with E-state index in [9.17, 15) is 18.5 Å². The van der Waals surface area contributed by atoms with Crippen LogP contribution in [0.1, 0.15) is 18.1 Å². The molecule has 0 radical (unpaired) electrons. The number of ether oxygens (including phenoxy) is 2. The average Bonchev–Trinajstić information content (AvgIpc) is 3.36. The number of carbonyl (C=O) groups is 1. The second-order valence-electron chi connectivity index (χ2n) is 7.84. The molecule has 37 heavy (non-hydrogen) atoms. The van der Waals surface area contributed by atoms with Crippen molar-refractivity contribution in [1.82, 2.24) is 9.36 Å². The van der Waals surface area contributed by atoms with E-state index in [1.807, 2.05) is 55.5 Å². The maximum absolute atomic E-state index is 12.6. The highest BCUT2D eigenvalue weighted by Gasteiger charge is 2.18. The van der Waals surface area contributed by atoms with Gasteiger partial charge in [-0.3, -0.25) is 10.1 Å². The summed E-state index contributed by atoms with van der Waals surface area (Å²) in [5.41, 5.74) is 1.37. The molecule has 0 aliphatic carbocycles. The van der Waals surface area contributed by atoms with E-state index in [0.717, 1.165) is 22.6 Å². The molecule has 0 bridgehead atoms. The Morgan fingerprint density at radius 3 is 2.62 bits per heavy atom. The first kappa shape index (κ1) is 25.8. The molecule has 0 aliphatic heterocycles. The summed E-state index contributed by atoms with van der Waals surface area (Å²) in [6, 6.07) is 21.1. The fraction of sp³-hybridized carbons (Fsp3) is 0.154. The Hall–Kier alpha value is -4.27. The summed E-state index contributed by atoms with van der Waals surface area (Å²) in [7, 11) is -3.61. The van der Waals surface area contributed by atoms with Gasteiger partial charge in [0.1, 0.15) is 18.2 Å². The molecule has 4 aromatic rings. The Balaban J connectivity index is 1.53. The zero-order valence-electron chi connectivity index (χ0n) is 20.0. The van der Waals surface area contributed by atoms with Crippen LogP contribution in [0.5, 0.6) is 11.5 Å². The van der Waals surface area contributed by atoms with Crippen molar-refractivity contribution in [3.8, 4) is 17.6 Å². The van der Waals surface area contributed by atoms with Crippen LogP contribution in [0.15, 0.2) is 71.4 Å². The number of hydrogen-bond donors (Lipinski definition) is 1. The Morgan fingerprint density at radius 1 is 1.11 bits per heavy atom. The molecule has 0 atom stereocenters. The van der Waals surface area contributed by atoms with Crippen LogP contribution in [0.4, 0.5) is 5.13 Å². The molecule has 0 spiro atoms. The van der Waals surface area contributed by atoms with Crippen LogP contribution in [0.2, 0.25) is 0 Å². The highest BCUT2D eigenvalue weighted by atomic mass is 32.2. The molecular weight excluding hydrogens is 512 g/mol. The van der Waals surface area contributed by atoms with E-state index in [2.05, 4.69) is 14.7 Å². The van der Waals surface area contributed by atoms with Gasteiger partial charge in [-0.25, -0.2) is 8.42 Å². The van der Waals surface area contributed by atoms with Gasteiger partial charge >= 0.3 is 0 Å². The smallest absolute Gasteiger partial charge is 0.268 e. The van der Waals surface area contributed by atoms with Crippen LogP contribution in [0, 0.1) is 11.3 Å². The number of anilines is 1. The molecule has 4 rings (SSSR count). The number of amides is 1. The minimum absolute atomic E-state index is 0.0289. The lowest BCUT2D eigenvalue weighted by atomic mass is 10.1. The van der Waals surface area contributed by atoms with Gasteiger partial charge in [0.25, 0.3) is 11.1 Å². The van der Waals surface area contributed by atoms with Gasteiger partial charge in [-0.05, 0) is 47.0 Å². The van der Waals surface area contributed by atoms with Crippen molar-refractivity contribution in [2.24, 2.45) is 0 Å². The van der Waals surface area contributed by atoms with E-state index in [0.29, 0.717) is 41.8 Å². The molecule has 1 heterocycles. The number of nitriles is 1. The molecular formula is C26H22N4O5S2. The quantitative estimate of drug-likeness (QED) is 0.243. The van der Waals surface area contributed by atoms with Crippen molar-refractivity contribution in [1.29, 1.82) is 5.26 Å². The van der Waals surface area contributed by atoms with Crippen LogP contribution in [-0.2, 0) is 21.2 Å². The third kappa shape index (κ3) is 6.30. The molecule has 0 unspecified atom stereocenters. The Kier molecular flexibility index (Phi) is 7.81. The zero-order chi connectivity index (χ0) is 26.4. The maximum atomic E-state index is 12.6. The van der Waals surface area contributed by atoms with Crippen molar-refractivity contribution < 1.29 is 22.7 Å². The van der Waals surface area contributed by atoms with Crippen LogP contribution in [-0.4, -0.2) is 36.5 Å². The largest absolute Gasteiger partial charge is 0.490 e. The third-order valence-corrected chi connectivity index (χ3v) is 6.76. The second-order valence-corrected chi connectivity index (χ2v) is 10.5. The minimum atomic E-state index is -3.61. The lowest BCUT2D eigenvalue weighted by Crippen LogP contribution is -2.13. The highest BCUT2D eigenvalue weighted by molar-refractivity contribution is 7.90. The fourth-order valence-corrected chi connectivity index (χ4v) is 4.91. The number of benzene rings is 3. The standard InChI is InChI=1S/C26H22N4O5S2/c1-3-34-23-14-17(13-20(15-27)24(31)28-25-29-26(30-36-25)37(2,32)33)11-12-22(23)35-16-19-9-6-8-18-7-4-5-10-21(18)19/h4-14H,3,16H2,1-2H3,(H,28,29,30,31)/b20-13-. The zero-order valence-corrected chi connectivity index (χ0v) is 21.6. The van der Waals surface area contributed by atoms with Crippen molar-refractivity contribution in [3.05, 3.63) is 77.4 Å². The molecule has 0 saturated heterocycles. The van der Waals surface area contributed by atoms with Gasteiger partial charge in [0.15, 0.2) is 11.5 Å². The predicted octanol–water partition coefficient (Wildman–Crippen LogP) is 4.62. The van der Waals surface area contributed by atoms with E-state index in [4.69, 9.17) is 9.47 Å². The lowest BCUT2D eigenvalue weighted by molar-refractivity contribution is -0.112. The van der Waals surface area contributed by atoms with Crippen molar-refractivity contribution in [2.45, 2.75) is 18.7 Å². The van der Waals surface area contributed by atoms with Gasteiger partial charge in [0.05, 0.1) is 6.61 Å². The number of aromatic nitrogens is 2. The third-order valence-electron chi connectivity index (χ3n) is 5.17. The van der Waals surface area contributed by atoms with Gasteiger partial charge in [-0.2, -0.15) is 14.6 Å². The Labute approximate surface area is 218 Å². The Morgan fingerprint density at radius 2 is 1.89 bits per heavy atom. The van der Waals surface area contributed by atoms with Crippen LogP contribution >= 0.6 is 11.5 Å². The van der Waals surface area contributed by atoms with Gasteiger partial charge in [0, 0.05) is 17.8 Å². The van der Waals surface area contributed by atoms with E-state index in [1.165, 1.54) is 6.08 Å². The second kappa shape index (κ2) is 11.2. The number of nitrogens with one attached hydrogen (secondary N) is 1. The molecule has 0 saturated carbocycles. The summed E-state index contributed by atoms with van der Waals surface area (Å²) in [6.45, 7) is 2.57. The molecule has 0 fully saturated rings. The lowest BCUT2D eigenvalue weighted by Gasteiger charge is -2.14. The topological polar surface area (TPSA) is 131 Å². The molecule has 3 aromatic carbocycles. The number of fused-ring (bicyclic) bond motifs is 1. The number of nitrogens with zero attached hydrogens (tertiary/aromatic N) is 3. The van der Waals surface area contributed by atoms with Crippen LogP contribution in [0.3, 0.4) is 0 Å². The first-order valence-electron chi connectivity index (χ1n) is 11.1. The summed E-state index contributed by atoms with van der Waals surface area (Å²) in [5.74, 6) is 0.251. The normalized spacial score (nSPS) is 11.6. The summed E-state index contributed by atoms with van der Waals surface area (Å²) < 4.78 is 38.6. The first-order chi connectivity index (χ1) is 17.8. The number of sulfone groups is 1. The van der Waals surface area contributed by atoms with Crippen LogP contribution < -0.4 is 14.8 Å². The van der Waals surface area contributed by atoms with E-state index in [-0.39, 0.29) is 10.7 Å². The Bertz CT molecular complexity index is 1630. The molecule has 188 valence electrons. The molecule has 9 nitrogen and oxygen atoms in total. The van der Waals surface area contributed by atoms with Gasteiger partial charge < -0.3 is 9.47 Å². The molecule has 11 heteroatoms. The summed E-state index contributed by atoms with van der Waals surface area (Å²) >= 11 is 0.709. The van der Waals surface area contributed by atoms with Crippen molar-refractivity contribution in [2.75, 3.05) is 18.2 Å². The van der Waals surface area contributed by atoms with Crippen molar-refractivity contribution >= 4 is 49.3 Å². The molecule has 1 aromatic heterocycles. The van der Waals surface area contributed by atoms with Gasteiger partial charge in [-0.15, -0.1) is 0 Å². The molecule has 0 aliphatic rings. The first-order valence-corrected chi connectivity index (χ1v) is 13.8.